The maximum atomic E-state index is 6.22. The van der Waals surface area contributed by atoms with E-state index in [1.165, 1.54) is 9.60 Å². The van der Waals surface area contributed by atoms with Gasteiger partial charge in [-0.3, -0.25) is 0 Å². The fraction of sp³-hybridized carbons (Fsp3) is 0.179. The lowest BCUT2D eigenvalue weighted by atomic mass is 10.2. The molecule has 6 heteroatoms. The summed E-state index contributed by atoms with van der Waals surface area (Å²) in [6, 6.07) is 12.0. The molecular weight excluding hydrogens is 499 g/mol. The van der Waals surface area contributed by atoms with Crippen LogP contribution in [0.1, 0.15) is 25.8 Å². The second-order valence-corrected chi connectivity index (χ2v) is 10.3. The van der Waals surface area contributed by atoms with Gasteiger partial charge in [0.15, 0.2) is 6.54 Å². The maximum Gasteiger partial charge on any atom is 0.263 e. The van der Waals surface area contributed by atoms with E-state index in [-0.39, 0.29) is 0 Å². The molecule has 0 unspecified atom stereocenters. The van der Waals surface area contributed by atoms with Gasteiger partial charge in [0, 0.05) is 33.6 Å². The number of halogens is 2. The molecule has 1 aliphatic heterocycles. The minimum Gasteiger partial charge on any atom is -0.331 e. The normalized spacial score (nSPS) is 14.4. The molecule has 0 aliphatic carbocycles. The van der Waals surface area contributed by atoms with Crippen molar-refractivity contribution in [1.82, 2.24) is 0 Å². The number of allylic oxidation sites excluding steroid dienone is 5. The van der Waals surface area contributed by atoms with Crippen LogP contribution >= 0.6 is 46.3 Å². The van der Waals surface area contributed by atoms with Crippen LogP contribution in [0.2, 0.25) is 10.0 Å². The number of thiazole rings is 1. The van der Waals surface area contributed by atoms with Gasteiger partial charge >= 0.3 is 0 Å². The van der Waals surface area contributed by atoms with E-state index in [0.717, 1.165) is 49.9 Å². The standard InChI is InChI=1S/C26H23Cl2N2S2.C2H6/c1-4-14-29-21-16-19(27)8-10-23(21)31-25(29)12-6-18(3)7-13-26-30(15-5-2)22-17-20(28)9-11-24(22)32-26;1-2/h4-13,16-17H,1-2,14-15H2,3H3;1-2H3/q+1;. The van der Waals surface area contributed by atoms with E-state index >= 15 is 0 Å². The van der Waals surface area contributed by atoms with E-state index < -0.39 is 0 Å². The number of fused-ring (bicyclic) bond motifs is 2. The zero-order valence-corrected chi connectivity index (χ0v) is 22.9. The molecule has 0 fully saturated rings. The maximum absolute atomic E-state index is 6.22. The van der Waals surface area contributed by atoms with Crippen LogP contribution in [-0.2, 0) is 6.54 Å². The van der Waals surface area contributed by atoms with Gasteiger partial charge in [-0.25, -0.2) is 0 Å². The Morgan fingerprint density at radius 3 is 2.53 bits per heavy atom. The van der Waals surface area contributed by atoms with E-state index in [0.29, 0.717) is 0 Å². The average Bonchev–Trinajstić information content (AvgIpc) is 3.35. The van der Waals surface area contributed by atoms with Crippen LogP contribution in [0.4, 0.5) is 5.69 Å². The SMILES string of the molecule is C=CCN1/C(=C/C=C(C)/C=C/c2sc3ccc(Cl)cc3[n+]2CC=C)Sc2ccc(Cl)cc21.CC. The van der Waals surface area contributed by atoms with Crippen molar-refractivity contribution < 1.29 is 4.57 Å². The van der Waals surface area contributed by atoms with Crippen LogP contribution < -0.4 is 9.47 Å². The summed E-state index contributed by atoms with van der Waals surface area (Å²) >= 11 is 15.9. The van der Waals surface area contributed by atoms with Crippen molar-refractivity contribution in [1.29, 1.82) is 0 Å². The van der Waals surface area contributed by atoms with Gasteiger partial charge in [-0.15, -0.1) is 6.58 Å². The molecule has 3 aromatic rings. The summed E-state index contributed by atoms with van der Waals surface area (Å²) in [7, 11) is 0. The fourth-order valence-corrected chi connectivity index (χ4v) is 5.93. The van der Waals surface area contributed by atoms with E-state index in [9.17, 15) is 0 Å². The van der Waals surface area contributed by atoms with Crippen LogP contribution in [0.15, 0.2) is 95.4 Å². The van der Waals surface area contributed by atoms with E-state index in [1.54, 1.807) is 23.1 Å². The first-order chi connectivity index (χ1) is 16.5. The number of nitrogens with zero attached hydrogens (tertiary/aromatic N) is 2. The topological polar surface area (TPSA) is 7.12 Å². The van der Waals surface area contributed by atoms with Crippen molar-refractivity contribution in [2.24, 2.45) is 0 Å². The van der Waals surface area contributed by atoms with Crippen LogP contribution in [0.25, 0.3) is 16.3 Å². The first-order valence-electron chi connectivity index (χ1n) is 11.2. The molecule has 2 aromatic carbocycles. The van der Waals surface area contributed by atoms with Crippen LogP contribution in [-0.4, -0.2) is 6.54 Å². The van der Waals surface area contributed by atoms with Gasteiger partial charge < -0.3 is 4.90 Å². The van der Waals surface area contributed by atoms with Gasteiger partial charge in [0.25, 0.3) is 5.01 Å². The molecule has 2 nitrogen and oxygen atoms in total. The molecule has 1 aliphatic rings. The highest BCUT2D eigenvalue weighted by Crippen LogP contribution is 2.46. The molecule has 4 rings (SSSR count). The minimum absolute atomic E-state index is 0.737. The first kappa shape index (κ1) is 26.4. The molecule has 2 heterocycles. The van der Waals surface area contributed by atoms with Crippen molar-refractivity contribution >= 4 is 68.3 Å². The predicted octanol–water partition coefficient (Wildman–Crippen LogP) is 9.31. The summed E-state index contributed by atoms with van der Waals surface area (Å²) in [5.41, 5.74) is 3.42. The fourth-order valence-electron chi connectivity index (χ4n) is 3.49. The lowest BCUT2D eigenvalue weighted by molar-refractivity contribution is -0.658. The number of anilines is 1. The summed E-state index contributed by atoms with van der Waals surface area (Å²) < 4.78 is 3.44. The highest BCUT2D eigenvalue weighted by atomic mass is 35.5. The van der Waals surface area contributed by atoms with Crippen molar-refractivity contribution in [2.75, 3.05) is 11.4 Å². The average molecular weight is 529 g/mol. The largest absolute Gasteiger partial charge is 0.331 e. The van der Waals surface area contributed by atoms with Gasteiger partial charge in [0.05, 0.1) is 10.7 Å². The highest BCUT2D eigenvalue weighted by Gasteiger charge is 2.24. The summed E-state index contributed by atoms with van der Waals surface area (Å²) in [5, 5.41) is 3.81. The van der Waals surface area contributed by atoms with Crippen molar-refractivity contribution in [3.63, 3.8) is 0 Å². The third kappa shape index (κ3) is 6.05. The monoisotopic (exact) mass is 527 g/mol. The zero-order valence-electron chi connectivity index (χ0n) is 19.7. The van der Waals surface area contributed by atoms with Crippen LogP contribution in [0.5, 0.6) is 0 Å². The summed E-state index contributed by atoms with van der Waals surface area (Å²) in [6.07, 6.45) is 12.4. The minimum atomic E-state index is 0.737. The number of aromatic nitrogens is 1. The van der Waals surface area contributed by atoms with Gasteiger partial charge in [0.1, 0.15) is 4.70 Å². The van der Waals surface area contributed by atoms with E-state index in [2.05, 4.69) is 66.0 Å². The van der Waals surface area contributed by atoms with Crippen LogP contribution in [0, 0.1) is 0 Å². The molecule has 0 atom stereocenters. The molecular formula is C28H29Cl2N2S2+. The number of hydrogen-bond donors (Lipinski definition) is 0. The number of rotatable bonds is 7. The Bertz CT molecular complexity index is 1290. The molecule has 176 valence electrons. The Morgan fingerprint density at radius 1 is 1.06 bits per heavy atom. The predicted molar refractivity (Wildman–Crippen MR) is 154 cm³/mol. The van der Waals surface area contributed by atoms with Gasteiger partial charge in [-0.2, -0.15) is 4.57 Å². The van der Waals surface area contributed by atoms with Crippen molar-refractivity contribution in [3.05, 3.63) is 106 Å². The Morgan fingerprint density at radius 2 is 1.79 bits per heavy atom. The molecule has 0 bridgehead atoms. The summed E-state index contributed by atoms with van der Waals surface area (Å²) in [6.45, 7) is 15.4. The number of benzene rings is 2. The number of hydrogen-bond acceptors (Lipinski definition) is 3. The molecule has 0 N–H and O–H groups in total. The van der Waals surface area contributed by atoms with Gasteiger partial charge in [-0.05, 0) is 49.4 Å². The summed E-state index contributed by atoms with van der Waals surface area (Å²) in [5.74, 6) is 0. The Balaban J connectivity index is 0.00000158. The zero-order chi connectivity index (χ0) is 24.7. The lowest BCUT2D eigenvalue weighted by Crippen LogP contribution is -2.33. The molecule has 0 radical (unpaired) electrons. The molecule has 0 spiro atoms. The summed E-state index contributed by atoms with van der Waals surface area (Å²) in [4.78, 5) is 3.44. The molecule has 0 amide bonds. The molecule has 0 saturated carbocycles. The number of thioether (sulfide) groups is 1. The lowest BCUT2D eigenvalue weighted by Gasteiger charge is -2.18. The third-order valence-corrected chi connectivity index (χ3v) is 7.72. The Kier molecular flexibility index (Phi) is 9.66. The van der Waals surface area contributed by atoms with E-state index in [1.807, 2.05) is 50.3 Å². The second-order valence-electron chi connectivity index (χ2n) is 7.31. The first-order valence-corrected chi connectivity index (χ1v) is 13.5. The Labute approximate surface area is 221 Å². The van der Waals surface area contributed by atoms with Crippen molar-refractivity contribution in [3.8, 4) is 0 Å². The Hall–Kier alpha value is -2.24. The quantitative estimate of drug-likeness (QED) is 0.171. The smallest absolute Gasteiger partial charge is 0.263 e. The van der Waals surface area contributed by atoms with Gasteiger partial charge in [-0.1, -0.05) is 90.5 Å². The van der Waals surface area contributed by atoms with Crippen molar-refractivity contribution in [2.45, 2.75) is 32.2 Å². The van der Waals surface area contributed by atoms with E-state index in [4.69, 9.17) is 23.2 Å². The highest BCUT2D eigenvalue weighted by molar-refractivity contribution is 8.03. The second kappa shape index (κ2) is 12.5. The third-order valence-electron chi connectivity index (χ3n) is 4.99. The molecule has 1 aromatic heterocycles. The molecule has 34 heavy (non-hydrogen) atoms. The molecule has 0 saturated heterocycles. The van der Waals surface area contributed by atoms with Crippen LogP contribution in [0.3, 0.4) is 0 Å². The van der Waals surface area contributed by atoms with Gasteiger partial charge in [0.2, 0.25) is 5.52 Å².